The number of rotatable bonds is 2. The summed E-state index contributed by atoms with van der Waals surface area (Å²) in [6.45, 7) is 12.1. The second-order valence-corrected chi connectivity index (χ2v) is 2.37. The van der Waals surface area contributed by atoms with Crippen molar-refractivity contribution in [2.45, 2.75) is 48.0 Å². The topological polar surface area (TPSA) is 0 Å². The highest BCUT2D eigenvalue weighted by Crippen LogP contribution is 2.00. The first-order valence-electron chi connectivity index (χ1n) is 5.07. The maximum Gasteiger partial charge on any atom is 0.0824 e. The van der Waals surface area contributed by atoms with Crippen LogP contribution < -0.4 is 0 Å². The van der Waals surface area contributed by atoms with Crippen LogP contribution >= 0.6 is 0 Å². The van der Waals surface area contributed by atoms with Gasteiger partial charge in [-0.3, -0.25) is 0 Å². The molecule has 0 spiro atoms. The Bertz CT molecular complexity index is 99.7. The zero-order chi connectivity index (χ0) is 11.1. The molecule has 0 saturated carbocycles. The highest BCUT2D eigenvalue weighted by Gasteiger charge is 1.85. The Kier molecular flexibility index (Phi) is 31.6. The van der Waals surface area contributed by atoms with Crippen molar-refractivity contribution in [3.63, 3.8) is 0 Å². The van der Waals surface area contributed by atoms with Gasteiger partial charge in [0.25, 0.3) is 0 Å². The molecule has 80 valence electrons. The zero-order valence-corrected chi connectivity index (χ0v) is 9.97. The summed E-state index contributed by atoms with van der Waals surface area (Å²) in [6.07, 6.45) is 7.42. The second-order valence-electron chi connectivity index (χ2n) is 2.37. The summed E-state index contributed by atoms with van der Waals surface area (Å²) in [6, 6.07) is 0. The Morgan fingerprint density at radius 3 is 1.62 bits per heavy atom. The van der Waals surface area contributed by atoms with Crippen LogP contribution in [0.3, 0.4) is 0 Å². The molecule has 0 bridgehead atoms. The standard InChI is InChI=1S/C7H14.C3H5F.C2H6/c1-4-6-7(3)5-2;1-2-3-4;1-2/h4,6-7H,5H2,1-3H3;2-3H,1H3;1-2H3/b6-4-;3-2+;. The van der Waals surface area contributed by atoms with Crippen molar-refractivity contribution in [3.05, 3.63) is 24.6 Å². The van der Waals surface area contributed by atoms with Crippen molar-refractivity contribution in [1.29, 1.82) is 0 Å². The molecule has 0 rings (SSSR count). The van der Waals surface area contributed by atoms with Crippen LogP contribution in [0.25, 0.3) is 0 Å². The smallest absolute Gasteiger partial charge is 0.0824 e. The molecular formula is C12H25F. The zero-order valence-electron chi connectivity index (χ0n) is 9.97. The average Bonchev–Trinajstić information content (AvgIpc) is 2.21. The average molecular weight is 188 g/mol. The number of hydrogen-bond donors (Lipinski definition) is 0. The summed E-state index contributed by atoms with van der Waals surface area (Å²) in [5.74, 6) is 0.769. The highest BCUT2D eigenvalue weighted by molar-refractivity contribution is 4.81. The summed E-state index contributed by atoms with van der Waals surface area (Å²) < 4.78 is 10.5. The molecule has 1 atom stereocenters. The lowest BCUT2D eigenvalue weighted by Crippen LogP contribution is -1.81. The quantitative estimate of drug-likeness (QED) is 0.527. The molecule has 0 N–H and O–H groups in total. The molecule has 0 fully saturated rings. The van der Waals surface area contributed by atoms with Gasteiger partial charge in [0.05, 0.1) is 6.33 Å². The summed E-state index contributed by atoms with van der Waals surface area (Å²) in [4.78, 5) is 0. The molecule has 0 aliphatic carbocycles. The molecular weight excluding hydrogens is 163 g/mol. The van der Waals surface area contributed by atoms with Crippen LogP contribution in [-0.2, 0) is 0 Å². The molecule has 0 heterocycles. The lowest BCUT2D eigenvalue weighted by Gasteiger charge is -1.95. The Morgan fingerprint density at radius 1 is 1.15 bits per heavy atom. The van der Waals surface area contributed by atoms with Crippen molar-refractivity contribution in [2.75, 3.05) is 0 Å². The van der Waals surface area contributed by atoms with Crippen LogP contribution in [0, 0.1) is 5.92 Å². The number of hydrogen-bond acceptors (Lipinski definition) is 0. The van der Waals surface area contributed by atoms with E-state index in [-0.39, 0.29) is 0 Å². The lowest BCUT2D eigenvalue weighted by atomic mass is 10.1. The van der Waals surface area contributed by atoms with Crippen molar-refractivity contribution in [2.24, 2.45) is 5.92 Å². The van der Waals surface area contributed by atoms with Crippen LogP contribution in [0.5, 0.6) is 0 Å². The third-order valence-electron chi connectivity index (χ3n) is 1.29. The summed E-state index contributed by atoms with van der Waals surface area (Å²) in [7, 11) is 0. The summed E-state index contributed by atoms with van der Waals surface area (Å²) in [5, 5.41) is 0. The van der Waals surface area contributed by atoms with Crippen molar-refractivity contribution in [1.82, 2.24) is 0 Å². The number of halogens is 1. The van der Waals surface area contributed by atoms with Crippen LogP contribution in [0.15, 0.2) is 24.6 Å². The molecule has 13 heavy (non-hydrogen) atoms. The van der Waals surface area contributed by atoms with Gasteiger partial charge in [0.1, 0.15) is 0 Å². The van der Waals surface area contributed by atoms with E-state index in [4.69, 9.17) is 0 Å². The largest absolute Gasteiger partial charge is 0.216 e. The predicted octanol–water partition coefficient (Wildman–Crippen LogP) is 5.12. The third-order valence-corrected chi connectivity index (χ3v) is 1.29. The first kappa shape index (κ1) is 18.2. The molecule has 1 heteroatoms. The molecule has 0 nitrogen and oxygen atoms in total. The fourth-order valence-corrected chi connectivity index (χ4v) is 0.465. The molecule has 0 saturated heterocycles. The van der Waals surface area contributed by atoms with E-state index in [0.717, 1.165) is 5.92 Å². The molecule has 0 radical (unpaired) electrons. The SMILES string of the molecule is C/C=C/F.C/C=C\C(C)CC.CC. The monoisotopic (exact) mass is 188 g/mol. The minimum absolute atomic E-state index is 0.500. The second kappa shape index (κ2) is 22.5. The van der Waals surface area contributed by atoms with Crippen molar-refractivity contribution >= 4 is 0 Å². The number of allylic oxidation sites excluding steroid dienone is 3. The maximum absolute atomic E-state index is 10.5. The fourth-order valence-electron chi connectivity index (χ4n) is 0.465. The van der Waals surface area contributed by atoms with Gasteiger partial charge in [0.2, 0.25) is 0 Å². The molecule has 0 aromatic heterocycles. The van der Waals surface area contributed by atoms with E-state index in [1.165, 1.54) is 12.5 Å². The van der Waals surface area contributed by atoms with E-state index in [1.54, 1.807) is 6.92 Å². The Labute approximate surface area is 83.6 Å². The van der Waals surface area contributed by atoms with Gasteiger partial charge in [-0.2, -0.15) is 0 Å². The fraction of sp³-hybridized carbons (Fsp3) is 0.667. The minimum Gasteiger partial charge on any atom is -0.216 e. The Balaban J connectivity index is -0.000000142. The first-order chi connectivity index (χ1) is 6.22. The summed E-state index contributed by atoms with van der Waals surface area (Å²) in [5.41, 5.74) is 0. The first-order valence-corrected chi connectivity index (χ1v) is 5.07. The van der Waals surface area contributed by atoms with Crippen LogP contribution in [0.2, 0.25) is 0 Å². The maximum atomic E-state index is 10.5. The van der Waals surface area contributed by atoms with Crippen molar-refractivity contribution in [3.8, 4) is 0 Å². The predicted molar refractivity (Wildman–Crippen MR) is 61.5 cm³/mol. The van der Waals surface area contributed by atoms with E-state index in [9.17, 15) is 4.39 Å². The van der Waals surface area contributed by atoms with Gasteiger partial charge in [-0.25, -0.2) is 4.39 Å². The van der Waals surface area contributed by atoms with Gasteiger partial charge in [-0.1, -0.05) is 52.3 Å². The van der Waals surface area contributed by atoms with Gasteiger partial charge in [-0.05, 0) is 19.8 Å². The van der Waals surface area contributed by atoms with Gasteiger partial charge in [0.15, 0.2) is 0 Å². The molecule has 0 aromatic rings. The Hall–Kier alpha value is -0.590. The van der Waals surface area contributed by atoms with Gasteiger partial charge in [0, 0.05) is 0 Å². The van der Waals surface area contributed by atoms with Crippen LogP contribution in [0.1, 0.15) is 48.0 Å². The minimum atomic E-state index is 0.500. The molecule has 1 unspecified atom stereocenters. The molecule has 0 aliphatic heterocycles. The van der Waals surface area contributed by atoms with Gasteiger partial charge in [-0.15, -0.1) is 0 Å². The molecule has 0 amide bonds. The van der Waals surface area contributed by atoms with E-state index in [0.29, 0.717) is 6.33 Å². The Morgan fingerprint density at radius 2 is 1.54 bits per heavy atom. The summed E-state index contributed by atoms with van der Waals surface area (Å²) >= 11 is 0. The highest BCUT2D eigenvalue weighted by atomic mass is 19.1. The molecule has 0 aliphatic rings. The third kappa shape index (κ3) is 34.5. The van der Waals surface area contributed by atoms with Crippen molar-refractivity contribution < 1.29 is 4.39 Å². The van der Waals surface area contributed by atoms with E-state index in [2.05, 4.69) is 32.9 Å². The van der Waals surface area contributed by atoms with Crippen LogP contribution in [-0.4, -0.2) is 0 Å². The van der Waals surface area contributed by atoms with E-state index < -0.39 is 0 Å². The normalized spacial score (nSPS) is 11.6. The van der Waals surface area contributed by atoms with Crippen LogP contribution in [0.4, 0.5) is 4.39 Å². The lowest BCUT2D eigenvalue weighted by molar-refractivity contribution is 0.697. The van der Waals surface area contributed by atoms with E-state index in [1.807, 2.05) is 13.8 Å². The molecule has 0 aromatic carbocycles. The van der Waals surface area contributed by atoms with Gasteiger partial charge >= 0.3 is 0 Å². The van der Waals surface area contributed by atoms with E-state index >= 15 is 0 Å². The van der Waals surface area contributed by atoms with Gasteiger partial charge < -0.3 is 0 Å².